The zero-order valence-electron chi connectivity index (χ0n) is 11.4. The van der Waals surface area contributed by atoms with Crippen LogP contribution in [0, 0.1) is 0 Å². The number of rotatable bonds is 4. The summed E-state index contributed by atoms with van der Waals surface area (Å²) in [6.07, 6.45) is 1.86. The van der Waals surface area contributed by atoms with Crippen LogP contribution in [0.3, 0.4) is 0 Å². The van der Waals surface area contributed by atoms with Gasteiger partial charge in [0, 0.05) is 17.1 Å². The number of aromatic amines is 1. The lowest BCUT2D eigenvalue weighted by molar-refractivity contribution is 0.340. The molecule has 0 aliphatic heterocycles. The molecule has 0 radical (unpaired) electrons. The monoisotopic (exact) mass is 281 g/mol. The van der Waals surface area contributed by atoms with Crippen LogP contribution in [0.2, 0.25) is 0 Å². The molecule has 0 atom stereocenters. The lowest BCUT2D eigenvalue weighted by Crippen LogP contribution is -2.32. The first-order valence-electron chi connectivity index (χ1n) is 6.22. The van der Waals surface area contributed by atoms with E-state index >= 15 is 0 Å². The largest absolute Gasteiger partial charge is 0.493 e. The predicted octanol–water partition coefficient (Wildman–Crippen LogP) is 2.76. The van der Waals surface area contributed by atoms with Crippen LogP contribution in [0.25, 0.3) is 10.9 Å². The van der Waals surface area contributed by atoms with Gasteiger partial charge in [0.15, 0.2) is 9.84 Å². The third-order valence-corrected chi connectivity index (χ3v) is 5.65. The molecular weight excluding hydrogens is 262 g/mol. The highest BCUT2D eigenvalue weighted by Gasteiger charge is 2.28. The van der Waals surface area contributed by atoms with Crippen LogP contribution < -0.4 is 4.74 Å². The van der Waals surface area contributed by atoms with Gasteiger partial charge in [0.1, 0.15) is 12.4 Å². The Labute approximate surface area is 113 Å². The molecule has 0 saturated carbocycles. The van der Waals surface area contributed by atoms with E-state index in [0.717, 1.165) is 10.9 Å². The van der Waals surface area contributed by atoms with E-state index in [4.69, 9.17) is 4.74 Å². The summed E-state index contributed by atoms with van der Waals surface area (Å²) >= 11 is 0. The van der Waals surface area contributed by atoms with Crippen molar-refractivity contribution in [2.45, 2.75) is 25.5 Å². The fourth-order valence-corrected chi connectivity index (χ4v) is 2.61. The Hall–Kier alpha value is -1.49. The minimum atomic E-state index is -3.13. The van der Waals surface area contributed by atoms with Gasteiger partial charge in [-0.1, -0.05) is 0 Å². The summed E-state index contributed by atoms with van der Waals surface area (Å²) in [4.78, 5) is 3.10. The average molecular weight is 281 g/mol. The second-order valence-electron chi connectivity index (χ2n) is 5.51. The van der Waals surface area contributed by atoms with Crippen molar-refractivity contribution >= 4 is 20.7 Å². The Bertz CT molecular complexity index is 665. The van der Waals surface area contributed by atoms with Crippen molar-refractivity contribution in [2.75, 3.05) is 12.4 Å². The van der Waals surface area contributed by atoms with Gasteiger partial charge in [0.2, 0.25) is 0 Å². The van der Waals surface area contributed by atoms with Gasteiger partial charge in [-0.2, -0.15) is 0 Å². The summed E-state index contributed by atoms with van der Waals surface area (Å²) < 4.78 is 28.6. The Kier molecular flexibility index (Phi) is 3.58. The number of fused-ring (bicyclic) bond motifs is 1. The molecule has 19 heavy (non-hydrogen) atoms. The number of H-pyrrole nitrogens is 1. The molecule has 1 N–H and O–H groups in total. The fourth-order valence-electron chi connectivity index (χ4n) is 1.70. The summed E-state index contributed by atoms with van der Waals surface area (Å²) in [6, 6.07) is 7.61. The molecule has 1 heterocycles. The van der Waals surface area contributed by atoms with Gasteiger partial charge in [-0.05, 0) is 45.0 Å². The van der Waals surface area contributed by atoms with Gasteiger partial charge in [-0.15, -0.1) is 0 Å². The van der Waals surface area contributed by atoms with Crippen LogP contribution in [0.5, 0.6) is 5.75 Å². The SMILES string of the molecule is CC(C)(C)S(=O)(=O)CCOc1ccc2[nH]ccc2c1. The molecule has 4 nitrogen and oxygen atoms in total. The molecule has 0 amide bonds. The lowest BCUT2D eigenvalue weighted by atomic mass is 10.2. The molecule has 0 spiro atoms. The van der Waals surface area contributed by atoms with Crippen molar-refractivity contribution in [3.63, 3.8) is 0 Å². The normalized spacial score (nSPS) is 12.8. The number of nitrogens with one attached hydrogen (secondary N) is 1. The van der Waals surface area contributed by atoms with Crippen molar-refractivity contribution in [1.29, 1.82) is 0 Å². The summed E-state index contributed by atoms with van der Waals surface area (Å²) in [6.45, 7) is 5.28. The first kappa shape index (κ1) is 13.9. The molecular formula is C14H19NO3S. The quantitative estimate of drug-likeness (QED) is 0.937. The Morgan fingerprint density at radius 1 is 1.21 bits per heavy atom. The van der Waals surface area contributed by atoms with E-state index in [0.29, 0.717) is 5.75 Å². The molecule has 0 aliphatic carbocycles. The third kappa shape index (κ3) is 3.10. The smallest absolute Gasteiger partial charge is 0.158 e. The number of hydrogen-bond donors (Lipinski definition) is 1. The second-order valence-corrected chi connectivity index (χ2v) is 8.37. The molecule has 2 aromatic rings. The second kappa shape index (κ2) is 4.89. The van der Waals surface area contributed by atoms with Crippen LogP contribution in [0.1, 0.15) is 20.8 Å². The van der Waals surface area contributed by atoms with E-state index in [2.05, 4.69) is 4.98 Å². The number of ether oxygens (including phenoxy) is 1. The highest BCUT2D eigenvalue weighted by atomic mass is 32.2. The summed E-state index contributed by atoms with van der Waals surface area (Å²) in [5.41, 5.74) is 1.04. The van der Waals surface area contributed by atoms with Gasteiger partial charge >= 0.3 is 0 Å². The maximum Gasteiger partial charge on any atom is 0.158 e. The van der Waals surface area contributed by atoms with E-state index in [1.165, 1.54) is 0 Å². The number of hydrogen-bond acceptors (Lipinski definition) is 3. The number of aromatic nitrogens is 1. The standard InChI is InChI=1S/C14H19NO3S/c1-14(2,3)19(16,17)9-8-18-12-4-5-13-11(10-12)6-7-15-13/h4-7,10,15H,8-9H2,1-3H3. The Morgan fingerprint density at radius 2 is 1.95 bits per heavy atom. The molecule has 2 rings (SSSR count). The van der Waals surface area contributed by atoms with E-state index in [1.54, 1.807) is 20.8 Å². The maximum absolute atomic E-state index is 11.9. The molecule has 0 bridgehead atoms. The zero-order chi connectivity index (χ0) is 14.1. The molecule has 1 aromatic carbocycles. The van der Waals surface area contributed by atoms with E-state index < -0.39 is 14.6 Å². The third-order valence-electron chi connectivity index (χ3n) is 3.08. The van der Waals surface area contributed by atoms with E-state index in [1.807, 2.05) is 30.5 Å². The summed E-state index contributed by atoms with van der Waals surface area (Å²) in [5, 5.41) is 1.05. The van der Waals surface area contributed by atoms with Gasteiger partial charge in [0.25, 0.3) is 0 Å². The molecule has 0 fully saturated rings. The first-order valence-corrected chi connectivity index (χ1v) is 7.87. The molecule has 1 aromatic heterocycles. The predicted molar refractivity (Wildman–Crippen MR) is 77.3 cm³/mol. The molecule has 0 unspecified atom stereocenters. The number of benzene rings is 1. The zero-order valence-corrected chi connectivity index (χ0v) is 12.3. The Morgan fingerprint density at radius 3 is 2.63 bits per heavy atom. The van der Waals surface area contributed by atoms with Crippen LogP contribution >= 0.6 is 0 Å². The van der Waals surface area contributed by atoms with Crippen LogP contribution in [0.15, 0.2) is 30.5 Å². The molecule has 0 aliphatic rings. The summed E-state index contributed by atoms with van der Waals surface area (Å²) in [7, 11) is -3.13. The highest BCUT2D eigenvalue weighted by Crippen LogP contribution is 2.20. The van der Waals surface area contributed by atoms with E-state index in [-0.39, 0.29) is 12.4 Å². The van der Waals surface area contributed by atoms with Gasteiger partial charge in [-0.3, -0.25) is 0 Å². The van der Waals surface area contributed by atoms with Crippen molar-refractivity contribution in [3.05, 3.63) is 30.5 Å². The van der Waals surface area contributed by atoms with Crippen LogP contribution in [-0.2, 0) is 9.84 Å². The molecule has 0 saturated heterocycles. The highest BCUT2D eigenvalue weighted by molar-refractivity contribution is 7.92. The van der Waals surface area contributed by atoms with Gasteiger partial charge in [-0.25, -0.2) is 8.42 Å². The average Bonchev–Trinajstić information content (AvgIpc) is 2.74. The van der Waals surface area contributed by atoms with Gasteiger partial charge < -0.3 is 9.72 Å². The lowest BCUT2D eigenvalue weighted by Gasteiger charge is -2.19. The minimum Gasteiger partial charge on any atom is -0.493 e. The molecule has 5 heteroatoms. The van der Waals surface area contributed by atoms with Crippen LogP contribution in [0.4, 0.5) is 0 Å². The van der Waals surface area contributed by atoms with Crippen molar-refractivity contribution in [2.24, 2.45) is 0 Å². The first-order chi connectivity index (χ1) is 8.79. The number of sulfone groups is 1. The topological polar surface area (TPSA) is 59.2 Å². The van der Waals surface area contributed by atoms with E-state index in [9.17, 15) is 8.42 Å². The van der Waals surface area contributed by atoms with Crippen LogP contribution in [-0.4, -0.2) is 30.5 Å². The van der Waals surface area contributed by atoms with Crippen molar-refractivity contribution in [3.8, 4) is 5.75 Å². The summed E-state index contributed by atoms with van der Waals surface area (Å²) in [5.74, 6) is 0.720. The maximum atomic E-state index is 11.9. The fraction of sp³-hybridized carbons (Fsp3) is 0.429. The molecule has 104 valence electrons. The Balaban J connectivity index is 1.99. The van der Waals surface area contributed by atoms with Crippen molar-refractivity contribution < 1.29 is 13.2 Å². The van der Waals surface area contributed by atoms with Gasteiger partial charge in [0.05, 0.1) is 10.5 Å². The van der Waals surface area contributed by atoms with Crippen molar-refractivity contribution in [1.82, 2.24) is 4.98 Å². The minimum absolute atomic E-state index is 0.0294.